The second kappa shape index (κ2) is 14.1. The van der Waals surface area contributed by atoms with Gasteiger partial charge in [0.1, 0.15) is 6.10 Å². The molecule has 6 rings (SSSR count). The Balaban J connectivity index is 1.44. The maximum absolute atomic E-state index is 13.6. The molecule has 13 nitrogen and oxygen atoms in total. The highest BCUT2D eigenvalue weighted by Gasteiger charge is 2.39. The summed E-state index contributed by atoms with van der Waals surface area (Å²) in [6.07, 6.45) is -0.0252. The van der Waals surface area contributed by atoms with E-state index in [1.165, 1.54) is 44.6 Å². The lowest BCUT2D eigenvalue weighted by Gasteiger charge is -2.22. The first-order valence-corrected chi connectivity index (χ1v) is 16.2. The minimum absolute atomic E-state index is 0.0582. The molecule has 3 N–H and O–H groups in total. The topological polar surface area (TPSA) is 162 Å². The Morgan fingerprint density at radius 1 is 0.978 bits per heavy atom. The molecule has 0 radical (unpaired) electrons. The monoisotopic (exact) mass is 652 g/mol. The first-order valence-electron chi connectivity index (χ1n) is 14.7. The van der Waals surface area contributed by atoms with Gasteiger partial charge in [-0.15, -0.1) is 0 Å². The molecule has 0 aliphatic carbocycles. The van der Waals surface area contributed by atoms with E-state index in [9.17, 15) is 22.8 Å². The van der Waals surface area contributed by atoms with Crippen LogP contribution in [0.3, 0.4) is 0 Å². The second-order valence-electron chi connectivity index (χ2n) is 10.8. The molecule has 3 heterocycles. The van der Waals surface area contributed by atoms with Crippen LogP contribution in [0, 0.1) is 0 Å². The van der Waals surface area contributed by atoms with Gasteiger partial charge in [-0.3, -0.25) is 14.4 Å². The number of benzene rings is 3. The Kier molecular flexibility index (Phi) is 9.97. The number of methoxy groups -OCH3 is 2. The van der Waals surface area contributed by atoms with E-state index in [1.807, 2.05) is 6.92 Å². The molecule has 0 aromatic heterocycles. The number of nitrogens with zero attached hydrogens (tertiary/aromatic N) is 1. The number of rotatable bonds is 7. The number of hydrogen-bond acceptors (Lipinski definition) is 9. The molecule has 3 aromatic carbocycles. The Labute approximate surface area is 267 Å². The highest BCUT2D eigenvalue weighted by molar-refractivity contribution is 7.89. The number of fused-ring (bicyclic) bond motifs is 7. The number of sulfonamides is 1. The first kappa shape index (κ1) is 32.6. The van der Waals surface area contributed by atoms with Gasteiger partial charge in [-0.2, -0.15) is 0 Å². The van der Waals surface area contributed by atoms with Gasteiger partial charge >= 0.3 is 0 Å². The number of hydrogen-bond donors (Lipinski definition) is 3. The van der Waals surface area contributed by atoms with Gasteiger partial charge in [0.15, 0.2) is 29.6 Å². The predicted molar refractivity (Wildman–Crippen MR) is 167 cm³/mol. The van der Waals surface area contributed by atoms with Crippen molar-refractivity contribution in [3.8, 4) is 23.0 Å². The van der Waals surface area contributed by atoms with Gasteiger partial charge in [0.2, 0.25) is 10.0 Å². The summed E-state index contributed by atoms with van der Waals surface area (Å²) in [7, 11) is -0.743. The molecule has 3 aliphatic rings. The zero-order valence-corrected chi connectivity index (χ0v) is 26.5. The van der Waals surface area contributed by atoms with Crippen LogP contribution in [0.15, 0.2) is 65.6 Å². The molecule has 0 unspecified atom stereocenters. The van der Waals surface area contributed by atoms with Gasteiger partial charge in [0.25, 0.3) is 17.7 Å². The fraction of sp³-hybridized carbons (Fsp3) is 0.344. The molecule has 4 bridgehead atoms. The lowest BCUT2D eigenvalue weighted by atomic mass is 10.1. The van der Waals surface area contributed by atoms with Gasteiger partial charge in [-0.05, 0) is 66.6 Å². The largest absolute Gasteiger partial charge is 0.493 e. The lowest BCUT2D eigenvalue weighted by molar-refractivity contribution is -0.123. The average Bonchev–Trinajstić information content (AvgIpc) is 3.46. The van der Waals surface area contributed by atoms with Crippen LogP contribution >= 0.6 is 0 Å². The molecule has 1 saturated heterocycles. The molecule has 0 saturated carbocycles. The van der Waals surface area contributed by atoms with E-state index in [1.54, 1.807) is 35.2 Å². The van der Waals surface area contributed by atoms with E-state index >= 15 is 0 Å². The SMILES string of the molecule is CCCNS(=O)(=O)c1ccc(C(=O)N2C[C@@H]3NC(=O)c4ccc(OC)c(c4)OCC(=O)NCc4ccc(c(OC)c4)O[C@H]3C2)cc1. The summed E-state index contributed by atoms with van der Waals surface area (Å²) in [5.41, 5.74) is 1.29. The number of amides is 3. The van der Waals surface area contributed by atoms with Crippen LogP contribution in [0.1, 0.15) is 39.6 Å². The van der Waals surface area contributed by atoms with Crippen molar-refractivity contribution in [1.29, 1.82) is 0 Å². The van der Waals surface area contributed by atoms with Crippen molar-refractivity contribution < 1.29 is 41.7 Å². The van der Waals surface area contributed by atoms with Crippen molar-refractivity contribution in [1.82, 2.24) is 20.3 Å². The van der Waals surface area contributed by atoms with Gasteiger partial charge in [0.05, 0.1) is 31.7 Å². The van der Waals surface area contributed by atoms with Gasteiger partial charge in [-0.25, -0.2) is 13.1 Å². The summed E-state index contributed by atoms with van der Waals surface area (Å²) < 4.78 is 50.5. The molecule has 244 valence electrons. The maximum atomic E-state index is 13.6. The van der Waals surface area contributed by atoms with Gasteiger partial charge in [0, 0.05) is 30.8 Å². The Bertz CT molecular complexity index is 1710. The fourth-order valence-corrected chi connectivity index (χ4v) is 6.27. The van der Waals surface area contributed by atoms with E-state index in [2.05, 4.69) is 15.4 Å². The summed E-state index contributed by atoms with van der Waals surface area (Å²) >= 11 is 0. The Morgan fingerprint density at radius 2 is 1.74 bits per heavy atom. The van der Waals surface area contributed by atoms with Crippen molar-refractivity contribution in [3.63, 3.8) is 0 Å². The standard InChI is InChI=1S/C32H36N4O9S/c1-4-13-34-46(40,41)23-9-6-21(7-10-23)32(39)36-17-24-29(18-36)45-26-11-5-20(14-27(26)43-3)16-33-30(37)19-44-28-15-22(31(38)35-24)8-12-25(28)42-2/h5-12,14-15,24,29,34H,4,13,16-19H2,1-3H3,(H,33,37)(H,35,38)/t24-,29-/m0/s1. The van der Waals surface area contributed by atoms with Crippen LogP contribution in [0.4, 0.5) is 0 Å². The third kappa shape index (κ3) is 7.35. The first-order chi connectivity index (χ1) is 22.1. The quantitative estimate of drug-likeness (QED) is 0.347. The summed E-state index contributed by atoms with van der Waals surface area (Å²) in [5.74, 6) is 0.190. The van der Waals surface area contributed by atoms with Crippen LogP contribution in [0.5, 0.6) is 23.0 Å². The Morgan fingerprint density at radius 3 is 2.46 bits per heavy atom. The third-order valence-electron chi connectivity index (χ3n) is 7.60. The normalized spacial score (nSPS) is 18.4. The van der Waals surface area contributed by atoms with Crippen LogP contribution in [0.2, 0.25) is 0 Å². The number of likely N-dealkylation sites (tertiary alicyclic amines) is 1. The van der Waals surface area contributed by atoms with E-state index in [0.717, 1.165) is 5.56 Å². The lowest BCUT2D eigenvalue weighted by Crippen LogP contribution is -2.45. The smallest absolute Gasteiger partial charge is 0.258 e. The fourth-order valence-electron chi connectivity index (χ4n) is 5.14. The van der Waals surface area contributed by atoms with Crippen LogP contribution in [0.25, 0.3) is 0 Å². The molecule has 1 fully saturated rings. The van der Waals surface area contributed by atoms with E-state index in [0.29, 0.717) is 30.2 Å². The van der Waals surface area contributed by atoms with Gasteiger partial charge < -0.3 is 34.5 Å². The number of nitrogens with one attached hydrogen (secondary N) is 3. The minimum atomic E-state index is -3.69. The molecule has 14 heteroatoms. The molecule has 3 aliphatic heterocycles. The zero-order valence-electron chi connectivity index (χ0n) is 25.7. The van der Waals surface area contributed by atoms with Gasteiger partial charge in [-0.1, -0.05) is 13.0 Å². The van der Waals surface area contributed by atoms with Crippen molar-refractivity contribution >= 4 is 27.7 Å². The van der Waals surface area contributed by atoms with Crippen molar-refractivity contribution in [2.24, 2.45) is 0 Å². The number of ether oxygens (including phenoxy) is 4. The van der Waals surface area contributed by atoms with Crippen LogP contribution in [-0.4, -0.2) is 83.6 Å². The highest BCUT2D eigenvalue weighted by Crippen LogP contribution is 2.32. The third-order valence-corrected chi connectivity index (χ3v) is 9.08. The molecule has 46 heavy (non-hydrogen) atoms. The number of carbonyl (C=O) groups excluding carboxylic acids is 3. The molecule has 3 amide bonds. The molecule has 3 aromatic rings. The molecule has 2 atom stereocenters. The van der Waals surface area contributed by atoms with E-state index in [4.69, 9.17) is 18.9 Å². The van der Waals surface area contributed by atoms with E-state index in [-0.39, 0.29) is 59.8 Å². The van der Waals surface area contributed by atoms with Crippen molar-refractivity contribution in [2.75, 3.05) is 40.5 Å². The molecular weight excluding hydrogens is 616 g/mol. The highest BCUT2D eigenvalue weighted by atomic mass is 32.2. The van der Waals surface area contributed by atoms with Crippen molar-refractivity contribution in [2.45, 2.75) is 36.9 Å². The summed E-state index contributed by atoms with van der Waals surface area (Å²) in [6, 6.07) is 14.9. The molecule has 0 spiro atoms. The van der Waals surface area contributed by atoms with E-state index < -0.39 is 28.1 Å². The summed E-state index contributed by atoms with van der Waals surface area (Å²) in [5, 5.41) is 5.77. The van der Waals surface area contributed by atoms with Crippen molar-refractivity contribution in [3.05, 3.63) is 77.4 Å². The Hall–Kier alpha value is -4.82. The molecular formula is C32H36N4O9S. The second-order valence-corrected chi connectivity index (χ2v) is 12.6. The zero-order chi connectivity index (χ0) is 32.8. The predicted octanol–water partition coefficient (Wildman–Crippen LogP) is 2.10. The summed E-state index contributed by atoms with van der Waals surface area (Å²) in [4.78, 5) is 41.2. The minimum Gasteiger partial charge on any atom is -0.493 e. The van der Waals surface area contributed by atoms with Crippen LogP contribution in [-0.2, 0) is 21.4 Å². The average molecular weight is 653 g/mol. The number of carbonyl (C=O) groups is 3. The van der Waals surface area contributed by atoms with Crippen LogP contribution < -0.4 is 34.3 Å². The maximum Gasteiger partial charge on any atom is 0.258 e. The summed E-state index contributed by atoms with van der Waals surface area (Å²) in [6.45, 7) is 2.32.